The van der Waals surface area contributed by atoms with Crippen molar-refractivity contribution >= 4 is 80.0 Å². The molecule has 0 spiro atoms. The van der Waals surface area contributed by atoms with Crippen molar-refractivity contribution in [2.75, 3.05) is 12.3 Å². The van der Waals surface area contributed by atoms with Crippen LogP contribution in [0.1, 0.15) is 110 Å². The lowest BCUT2D eigenvalue weighted by Gasteiger charge is -2.22. The number of hydrogen-bond acceptors (Lipinski definition) is 8. The van der Waals surface area contributed by atoms with Crippen LogP contribution < -0.4 is 26.0 Å². The Bertz CT molecular complexity index is 2070. The van der Waals surface area contributed by atoms with E-state index in [0.29, 0.717) is 44.7 Å². The first kappa shape index (κ1) is 41.3. The van der Waals surface area contributed by atoms with E-state index < -0.39 is 25.9 Å². The molecule has 56 heavy (non-hydrogen) atoms. The average molecular weight is 808 g/mol. The molecule has 8 nitrogen and oxygen atoms in total. The van der Waals surface area contributed by atoms with Crippen LogP contribution in [-0.4, -0.2) is 51.3 Å². The number of rotatable bonds is 21. The number of carboxylic acid groups (broad SMARTS) is 1. The minimum atomic E-state index is -1.23. The number of thiazole rings is 1. The molecule has 0 saturated heterocycles. The van der Waals surface area contributed by atoms with E-state index in [1.165, 1.54) is 87.3 Å². The third kappa shape index (κ3) is 11.4. The number of nitrogens with zero attached hydrogens (tertiary/aromatic N) is 2. The van der Waals surface area contributed by atoms with Gasteiger partial charge in [-0.1, -0.05) is 138 Å². The molecular weight excluding hydrogens is 758 g/mol. The molecule has 6 rings (SSSR count). The molecule has 1 atom stereocenters. The summed E-state index contributed by atoms with van der Waals surface area (Å²) >= 11 is 2.76. The van der Waals surface area contributed by atoms with E-state index in [1.54, 1.807) is 30.3 Å². The van der Waals surface area contributed by atoms with Crippen molar-refractivity contribution in [2.24, 2.45) is 4.99 Å². The van der Waals surface area contributed by atoms with Gasteiger partial charge in [-0.2, -0.15) is 0 Å². The molecule has 1 aliphatic rings. The van der Waals surface area contributed by atoms with Crippen molar-refractivity contribution in [1.82, 2.24) is 10.3 Å². The molecule has 1 amide bonds. The van der Waals surface area contributed by atoms with Crippen LogP contribution in [0.5, 0.6) is 5.75 Å². The number of aliphatic imine (C=N–C) groups is 1. The summed E-state index contributed by atoms with van der Waals surface area (Å²) in [5.41, 5.74) is 1.61. The van der Waals surface area contributed by atoms with Gasteiger partial charge in [0.05, 0.1) is 15.8 Å². The van der Waals surface area contributed by atoms with E-state index in [1.807, 2.05) is 42.5 Å². The Morgan fingerprint density at radius 2 is 1.41 bits per heavy atom. The Morgan fingerprint density at radius 1 is 0.786 bits per heavy atom. The van der Waals surface area contributed by atoms with Gasteiger partial charge in [0, 0.05) is 29.2 Å². The molecule has 0 fully saturated rings. The van der Waals surface area contributed by atoms with Crippen molar-refractivity contribution < 1.29 is 24.2 Å². The van der Waals surface area contributed by atoms with E-state index in [0.717, 1.165) is 33.5 Å². The minimum absolute atomic E-state index is 0.156. The highest BCUT2D eigenvalue weighted by atomic mass is 32.2. The van der Waals surface area contributed by atoms with Gasteiger partial charge < -0.3 is 15.2 Å². The first-order chi connectivity index (χ1) is 27.4. The Labute approximate surface area is 339 Å². The highest BCUT2D eigenvalue weighted by molar-refractivity contribution is 8.15. The fourth-order valence-electron chi connectivity index (χ4n) is 6.72. The van der Waals surface area contributed by atoms with Crippen molar-refractivity contribution in [2.45, 2.75) is 90.0 Å². The second kappa shape index (κ2) is 21.2. The van der Waals surface area contributed by atoms with Crippen LogP contribution in [0.25, 0.3) is 10.2 Å². The number of benzene rings is 4. The Kier molecular flexibility index (Phi) is 15.7. The average Bonchev–Trinajstić information content (AvgIpc) is 3.89. The number of amides is 1. The van der Waals surface area contributed by atoms with E-state index in [2.05, 4.69) is 46.5 Å². The predicted molar refractivity (Wildman–Crippen MR) is 234 cm³/mol. The Morgan fingerprint density at radius 3 is 2.02 bits per heavy atom. The lowest BCUT2D eigenvalue weighted by atomic mass is 10.1. The van der Waals surface area contributed by atoms with Gasteiger partial charge in [-0.3, -0.25) is 9.79 Å². The number of nitrogens with one attached hydrogen (secondary N) is 1. The molecule has 0 radical (unpaired) electrons. The molecule has 1 aliphatic heterocycles. The van der Waals surface area contributed by atoms with Gasteiger partial charge in [0.2, 0.25) is 0 Å². The van der Waals surface area contributed by atoms with Crippen LogP contribution in [0.3, 0.4) is 0 Å². The standard InChI is InChI=1S/C45H50N3O5PS2/c1-2-3-4-5-6-7-8-9-10-11-12-19-28-46-41(49)32-24-26-36(39(29-32)54(34-20-15-13-16-21-34)35-22-17-14-18-23-35)45(52)53-33-25-27-37-40(30-33)56-43(47-37)42-48-38(31-55-42)44(50)51/h13-18,20-27,29-30,38H,2-12,19,28,31H2,1H3,(H,46,49)(H,50,51). The van der Waals surface area contributed by atoms with Gasteiger partial charge in [0.25, 0.3) is 5.91 Å². The van der Waals surface area contributed by atoms with Crippen molar-refractivity contribution in [3.8, 4) is 5.75 Å². The molecule has 4 aromatic carbocycles. The second-order valence-corrected chi connectivity index (χ2v) is 18.2. The number of ether oxygens (including phenoxy) is 1. The number of esters is 1. The zero-order valence-corrected chi connectivity index (χ0v) is 34.5. The normalized spacial score (nSPS) is 13.9. The summed E-state index contributed by atoms with van der Waals surface area (Å²) in [6.07, 6.45) is 15.1. The van der Waals surface area contributed by atoms with Crippen LogP contribution in [0.15, 0.2) is 102 Å². The fraction of sp³-hybridized carbons (Fsp3) is 0.356. The SMILES string of the molecule is CCCCCCCCCCCCCCNC(=O)c1ccc(C(=O)Oc2ccc3nc(C4=NC(C(=O)O)CS4)sc3c2)c(P(c2ccccc2)c2ccccc2)c1. The smallest absolute Gasteiger partial charge is 0.344 e. The molecule has 0 saturated carbocycles. The number of carbonyl (C=O) groups excluding carboxylic acids is 2. The van der Waals surface area contributed by atoms with Crippen LogP contribution >= 0.6 is 31.0 Å². The molecule has 1 unspecified atom stereocenters. The minimum Gasteiger partial charge on any atom is -0.480 e. The third-order valence-electron chi connectivity index (χ3n) is 9.75. The number of carbonyl (C=O) groups is 3. The molecule has 2 N–H and O–H groups in total. The maximum Gasteiger partial charge on any atom is 0.344 e. The fourth-order valence-corrected chi connectivity index (χ4v) is 11.3. The van der Waals surface area contributed by atoms with Crippen molar-refractivity contribution in [3.05, 3.63) is 113 Å². The molecule has 0 aliphatic carbocycles. The third-order valence-corrected chi connectivity index (χ3v) is 14.4. The number of aliphatic carboxylic acids is 1. The van der Waals surface area contributed by atoms with Gasteiger partial charge >= 0.3 is 11.9 Å². The number of carboxylic acids is 1. The van der Waals surface area contributed by atoms with Gasteiger partial charge in [-0.05, 0) is 55.3 Å². The first-order valence-electron chi connectivity index (χ1n) is 19.8. The predicted octanol–water partition coefficient (Wildman–Crippen LogP) is 9.65. The molecule has 292 valence electrons. The van der Waals surface area contributed by atoms with Gasteiger partial charge in [-0.15, -0.1) is 23.1 Å². The highest BCUT2D eigenvalue weighted by Gasteiger charge is 2.28. The quantitative estimate of drug-likeness (QED) is 0.0328. The Balaban J connectivity index is 1.16. The zero-order valence-electron chi connectivity index (χ0n) is 32.0. The zero-order chi connectivity index (χ0) is 39.1. The van der Waals surface area contributed by atoms with E-state index >= 15 is 0 Å². The lowest BCUT2D eigenvalue weighted by molar-refractivity contribution is -0.137. The number of thioether (sulfide) groups is 1. The van der Waals surface area contributed by atoms with Crippen LogP contribution in [-0.2, 0) is 4.79 Å². The molecule has 1 aromatic heterocycles. The largest absolute Gasteiger partial charge is 0.480 e. The summed E-state index contributed by atoms with van der Waals surface area (Å²) in [5.74, 6) is -0.890. The summed E-state index contributed by atoms with van der Waals surface area (Å²) in [5, 5.41) is 16.6. The maximum absolute atomic E-state index is 14.1. The van der Waals surface area contributed by atoms with Gasteiger partial charge in [-0.25, -0.2) is 14.6 Å². The number of fused-ring (bicyclic) bond motifs is 1. The lowest BCUT2D eigenvalue weighted by Crippen LogP contribution is -2.30. The highest BCUT2D eigenvalue weighted by Crippen LogP contribution is 2.36. The van der Waals surface area contributed by atoms with Crippen LogP contribution in [0, 0.1) is 0 Å². The molecule has 11 heteroatoms. The number of hydrogen-bond donors (Lipinski definition) is 2. The van der Waals surface area contributed by atoms with Crippen molar-refractivity contribution in [1.29, 1.82) is 0 Å². The number of aromatic nitrogens is 1. The monoisotopic (exact) mass is 807 g/mol. The van der Waals surface area contributed by atoms with Crippen LogP contribution in [0.2, 0.25) is 0 Å². The van der Waals surface area contributed by atoms with E-state index in [4.69, 9.17) is 4.74 Å². The summed E-state index contributed by atoms with van der Waals surface area (Å²) in [6.45, 7) is 2.86. The topological polar surface area (TPSA) is 118 Å². The molecule has 2 heterocycles. The first-order valence-corrected chi connectivity index (χ1v) is 22.9. The van der Waals surface area contributed by atoms with E-state index in [9.17, 15) is 19.5 Å². The number of unbranched alkanes of at least 4 members (excludes halogenated alkanes) is 11. The molecule has 0 bridgehead atoms. The van der Waals surface area contributed by atoms with E-state index in [-0.39, 0.29) is 5.91 Å². The van der Waals surface area contributed by atoms with Crippen LogP contribution in [0.4, 0.5) is 0 Å². The second-order valence-electron chi connectivity index (χ2n) is 14.0. The Hall–Kier alpha value is -4.37. The van der Waals surface area contributed by atoms with Gasteiger partial charge in [0.15, 0.2) is 6.04 Å². The van der Waals surface area contributed by atoms with Crippen molar-refractivity contribution in [3.63, 3.8) is 0 Å². The summed E-state index contributed by atoms with van der Waals surface area (Å²) in [6, 6.07) is 30.0. The molecule has 5 aromatic rings. The molecular formula is C45H50N3O5PS2. The maximum atomic E-state index is 14.1. The summed E-state index contributed by atoms with van der Waals surface area (Å²) in [4.78, 5) is 48.1. The summed E-state index contributed by atoms with van der Waals surface area (Å²) in [7, 11) is -1.23. The van der Waals surface area contributed by atoms with Gasteiger partial charge in [0.1, 0.15) is 15.8 Å². The summed E-state index contributed by atoms with van der Waals surface area (Å²) < 4.78 is 6.84.